The first-order valence-corrected chi connectivity index (χ1v) is 10.4. The SMILES string of the molecule is NC(=O)C1(C(=O)Nc2ccc(F)cc2)CC1(Oc1ccnc2ccccc12)c1ccccc1. The first-order chi connectivity index (χ1) is 16.0. The zero-order chi connectivity index (χ0) is 23.1. The van der Waals surface area contributed by atoms with Crippen molar-refractivity contribution in [1.82, 2.24) is 4.98 Å². The van der Waals surface area contributed by atoms with Crippen molar-refractivity contribution in [3.63, 3.8) is 0 Å². The summed E-state index contributed by atoms with van der Waals surface area (Å²) in [4.78, 5) is 30.6. The largest absolute Gasteiger partial charge is 0.480 e. The summed E-state index contributed by atoms with van der Waals surface area (Å²) in [5, 5.41) is 3.45. The van der Waals surface area contributed by atoms with Gasteiger partial charge in [-0.2, -0.15) is 0 Å². The maximum absolute atomic E-state index is 13.5. The van der Waals surface area contributed by atoms with Crippen molar-refractivity contribution in [3.8, 4) is 5.75 Å². The van der Waals surface area contributed by atoms with E-state index in [9.17, 15) is 14.0 Å². The zero-order valence-corrected chi connectivity index (χ0v) is 17.5. The third-order valence-corrected chi connectivity index (χ3v) is 6.12. The molecule has 3 aromatic carbocycles. The van der Waals surface area contributed by atoms with Crippen molar-refractivity contribution in [2.75, 3.05) is 5.32 Å². The fourth-order valence-electron chi connectivity index (χ4n) is 4.35. The molecule has 1 aromatic heterocycles. The van der Waals surface area contributed by atoms with E-state index in [1.807, 2.05) is 42.5 Å². The van der Waals surface area contributed by atoms with Crippen molar-refractivity contribution in [2.45, 2.75) is 12.0 Å². The molecule has 0 radical (unpaired) electrons. The molecule has 4 aromatic rings. The molecule has 164 valence electrons. The van der Waals surface area contributed by atoms with Crippen molar-refractivity contribution in [1.29, 1.82) is 0 Å². The fraction of sp³-hybridized carbons (Fsp3) is 0.115. The van der Waals surface area contributed by atoms with Gasteiger partial charge in [-0.1, -0.05) is 42.5 Å². The summed E-state index contributed by atoms with van der Waals surface area (Å²) in [6.45, 7) is 0. The monoisotopic (exact) mass is 441 g/mol. The van der Waals surface area contributed by atoms with Crippen LogP contribution in [-0.2, 0) is 15.2 Å². The number of para-hydroxylation sites is 1. The van der Waals surface area contributed by atoms with E-state index in [-0.39, 0.29) is 6.42 Å². The minimum atomic E-state index is -1.66. The Morgan fingerprint density at radius 2 is 1.64 bits per heavy atom. The molecule has 0 saturated heterocycles. The van der Waals surface area contributed by atoms with Gasteiger partial charge in [0.25, 0.3) is 0 Å². The number of nitrogens with two attached hydrogens (primary N) is 1. The van der Waals surface area contributed by atoms with Gasteiger partial charge >= 0.3 is 0 Å². The van der Waals surface area contributed by atoms with Gasteiger partial charge in [0.15, 0.2) is 11.0 Å². The number of hydrogen-bond donors (Lipinski definition) is 2. The number of fused-ring (bicyclic) bond motifs is 1. The average Bonchev–Trinajstić information content (AvgIpc) is 3.53. The van der Waals surface area contributed by atoms with E-state index in [1.54, 1.807) is 24.4 Å². The molecule has 1 aliphatic rings. The standard InChI is InChI=1S/C26H20FN3O3/c27-18-10-12-19(13-11-18)30-24(32)25(23(28)31)16-26(25,17-6-2-1-3-7-17)33-22-14-15-29-21-9-5-4-8-20(21)22/h1-15H,16H2,(H2,28,31)(H,30,32). The topological polar surface area (TPSA) is 94.3 Å². The van der Waals surface area contributed by atoms with Gasteiger partial charge in [0.05, 0.1) is 5.52 Å². The van der Waals surface area contributed by atoms with Gasteiger partial charge in [-0.05, 0) is 48.0 Å². The van der Waals surface area contributed by atoms with Gasteiger partial charge in [0.1, 0.15) is 11.6 Å². The molecular formula is C26H20FN3O3. The predicted octanol–water partition coefficient (Wildman–Crippen LogP) is 4.16. The lowest BCUT2D eigenvalue weighted by Crippen LogP contribution is -2.44. The number of aromatic nitrogens is 1. The highest BCUT2D eigenvalue weighted by Gasteiger charge is 2.79. The molecule has 1 saturated carbocycles. The fourth-order valence-corrected chi connectivity index (χ4v) is 4.35. The van der Waals surface area contributed by atoms with E-state index in [2.05, 4.69) is 10.3 Å². The normalized spacial score (nSPS) is 21.4. The summed E-state index contributed by atoms with van der Waals surface area (Å²) in [6.07, 6.45) is 1.67. The van der Waals surface area contributed by atoms with Crippen LogP contribution in [-0.4, -0.2) is 16.8 Å². The van der Waals surface area contributed by atoms with Crippen molar-refractivity contribution < 1.29 is 18.7 Å². The van der Waals surface area contributed by atoms with Crippen LogP contribution in [0.5, 0.6) is 5.75 Å². The average molecular weight is 441 g/mol. The number of benzene rings is 3. The first-order valence-electron chi connectivity index (χ1n) is 10.4. The van der Waals surface area contributed by atoms with E-state index in [1.165, 1.54) is 24.3 Å². The number of halogens is 1. The molecule has 0 bridgehead atoms. The second-order valence-corrected chi connectivity index (χ2v) is 8.03. The molecule has 1 aliphatic carbocycles. The highest BCUT2D eigenvalue weighted by atomic mass is 19.1. The summed E-state index contributed by atoms with van der Waals surface area (Å²) < 4.78 is 19.8. The molecular weight excluding hydrogens is 421 g/mol. The minimum Gasteiger partial charge on any atom is -0.480 e. The molecule has 3 N–H and O–H groups in total. The van der Waals surface area contributed by atoms with E-state index < -0.39 is 28.6 Å². The van der Waals surface area contributed by atoms with Crippen LogP contribution in [0.25, 0.3) is 10.9 Å². The maximum Gasteiger partial charge on any atom is 0.244 e. The van der Waals surface area contributed by atoms with Gasteiger partial charge in [-0.25, -0.2) is 4.39 Å². The summed E-state index contributed by atoms with van der Waals surface area (Å²) in [7, 11) is 0. The molecule has 0 aliphatic heterocycles. The van der Waals surface area contributed by atoms with Crippen LogP contribution in [0.3, 0.4) is 0 Å². The van der Waals surface area contributed by atoms with Crippen LogP contribution < -0.4 is 15.8 Å². The number of carbonyl (C=O) groups excluding carboxylic acids is 2. The van der Waals surface area contributed by atoms with E-state index in [4.69, 9.17) is 10.5 Å². The number of amides is 2. The van der Waals surface area contributed by atoms with E-state index in [0.717, 1.165) is 10.9 Å². The molecule has 1 fully saturated rings. The van der Waals surface area contributed by atoms with Crippen LogP contribution in [0.15, 0.2) is 91.1 Å². The molecule has 33 heavy (non-hydrogen) atoms. The third-order valence-electron chi connectivity index (χ3n) is 6.12. The van der Waals surface area contributed by atoms with E-state index >= 15 is 0 Å². The predicted molar refractivity (Wildman–Crippen MR) is 122 cm³/mol. The first kappa shape index (κ1) is 20.6. The summed E-state index contributed by atoms with van der Waals surface area (Å²) in [5.74, 6) is -1.36. The van der Waals surface area contributed by atoms with Crippen molar-refractivity contribution >= 4 is 28.4 Å². The lowest BCUT2D eigenvalue weighted by molar-refractivity contribution is -0.135. The Hall–Kier alpha value is -4.26. The number of rotatable bonds is 6. The van der Waals surface area contributed by atoms with Crippen LogP contribution in [0.1, 0.15) is 12.0 Å². The smallest absolute Gasteiger partial charge is 0.244 e. The number of anilines is 1. The van der Waals surface area contributed by atoms with Gasteiger partial charge in [0, 0.05) is 23.7 Å². The molecule has 2 unspecified atom stereocenters. The molecule has 1 heterocycles. The summed E-state index contributed by atoms with van der Waals surface area (Å²) in [5.41, 5.74) is 4.59. The highest BCUT2D eigenvalue weighted by Crippen LogP contribution is 2.65. The lowest BCUT2D eigenvalue weighted by Gasteiger charge is -2.26. The van der Waals surface area contributed by atoms with Crippen LogP contribution in [0.2, 0.25) is 0 Å². The van der Waals surface area contributed by atoms with Crippen molar-refractivity contribution in [3.05, 3.63) is 103 Å². The highest BCUT2D eigenvalue weighted by molar-refractivity contribution is 6.15. The van der Waals surface area contributed by atoms with Gasteiger partial charge in [0.2, 0.25) is 11.8 Å². The minimum absolute atomic E-state index is 0.0586. The van der Waals surface area contributed by atoms with Crippen LogP contribution in [0, 0.1) is 11.2 Å². The third kappa shape index (κ3) is 3.29. The van der Waals surface area contributed by atoms with Gasteiger partial charge < -0.3 is 15.8 Å². The Morgan fingerprint density at radius 1 is 0.939 bits per heavy atom. The number of primary amides is 1. The Labute approximate surface area is 189 Å². The summed E-state index contributed by atoms with van der Waals surface area (Å²) in [6, 6.07) is 23.5. The number of nitrogens with zero attached hydrogens (tertiary/aromatic N) is 1. The molecule has 6 nitrogen and oxygen atoms in total. The number of ether oxygens (including phenoxy) is 1. The molecule has 7 heteroatoms. The second-order valence-electron chi connectivity index (χ2n) is 8.03. The van der Waals surface area contributed by atoms with E-state index in [0.29, 0.717) is 17.0 Å². The molecule has 0 spiro atoms. The molecule has 2 atom stereocenters. The quantitative estimate of drug-likeness (QED) is 0.439. The Morgan fingerprint density at radius 3 is 2.36 bits per heavy atom. The number of hydrogen-bond acceptors (Lipinski definition) is 4. The number of nitrogens with one attached hydrogen (secondary N) is 1. The summed E-state index contributed by atoms with van der Waals surface area (Å²) >= 11 is 0. The number of pyridine rings is 1. The lowest BCUT2D eigenvalue weighted by atomic mass is 9.93. The van der Waals surface area contributed by atoms with Gasteiger partial charge in [-0.15, -0.1) is 0 Å². The Balaban J connectivity index is 1.60. The number of carbonyl (C=O) groups is 2. The molecule has 2 amide bonds. The zero-order valence-electron chi connectivity index (χ0n) is 17.5. The molecule has 5 rings (SSSR count). The maximum atomic E-state index is 13.5. The Bertz CT molecular complexity index is 1360. The van der Waals surface area contributed by atoms with Crippen LogP contribution in [0.4, 0.5) is 10.1 Å². The van der Waals surface area contributed by atoms with Crippen molar-refractivity contribution in [2.24, 2.45) is 11.1 Å². The van der Waals surface area contributed by atoms with Gasteiger partial charge in [-0.3, -0.25) is 14.6 Å². The second kappa shape index (κ2) is 7.70. The Kier molecular flexibility index (Phi) is 4.82. The van der Waals surface area contributed by atoms with Crippen LogP contribution >= 0.6 is 0 Å².